The van der Waals surface area contributed by atoms with Gasteiger partial charge < -0.3 is 31.9 Å². The van der Waals surface area contributed by atoms with Gasteiger partial charge in [-0.05, 0) is 55.5 Å². The van der Waals surface area contributed by atoms with Crippen LogP contribution in [0.1, 0.15) is 74.5 Å². The van der Waals surface area contributed by atoms with Crippen LogP contribution in [0.4, 0.5) is 17.5 Å². The average Bonchev–Trinajstić information content (AvgIpc) is 3.42. The van der Waals surface area contributed by atoms with Gasteiger partial charge in [0.15, 0.2) is 17.0 Å². The lowest BCUT2D eigenvalue weighted by Crippen LogP contribution is -2.44. The minimum absolute atomic E-state index is 0.00969. The standard InChI is InChI=1S/C38H49N11O6/c1-24(2)18-38(22-37(3,23-50)55-49(38)20-25-8-6-5-7-9-25)16-17-42-47-30(51)15-14-29(35(53)54)44-34(52)26-10-12-28(13-11-26)48(4)21-27-19-41-33-31(43-27)32(39)45-36(40)46-33/h5-13,17,19,24,29,50H,14-16,18,20-23H2,1-4H3,(H,44,52)(H,47,51)(H,53,54)(H4,39,40,41,45,46)/b42-17+/t29-,37+,38+/m0/s1. The second-order valence-electron chi connectivity index (χ2n) is 14.6. The number of carbonyl (C=O) groups excluding carboxylic acids is 2. The van der Waals surface area contributed by atoms with Gasteiger partial charge in [0.2, 0.25) is 11.9 Å². The molecule has 0 aliphatic carbocycles. The number of nitrogens with zero attached hydrogens (tertiary/aromatic N) is 7. The van der Waals surface area contributed by atoms with Crippen molar-refractivity contribution < 1.29 is 29.4 Å². The molecule has 292 valence electrons. The molecule has 55 heavy (non-hydrogen) atoms. The summed E-state index contributed by atoms with van der Waals surface area (Å²) in [6.07, 6.45) is 4.61. The number of anilines is 3. The Balaban J connectivity index is 1.13. The van der Waals surface area contributed by atoms with Gasteiger partial charge >= 0.3 is 5.97 Å². The predicted octanol–water partition coefficient (Wildman–Crippen LogP) is 3.05. The fourth-order valence-corrected chi connectivity index (χ4v) is 6.83. The largest absolute Gasteiger partial charge is 0.480 e. The van der Waals surface area contributed by atoms with E-state index >= 15 is 0 Å². The van der Waals surface area contributed by atoms with E-state index in [9.17, 15) is 24.6 Å². The number of aliphatic hydroxyl groups is 1. The van der Waals surface area contributed by atoms with Crippen LogP contribution in [0.15, 0.2) is 65.9 Å². The zero-order chi connectivity index (χ0) is 39.8. The summed E-state index contributed by atoms with van der Waals surface area (Å²) in [6, 6.07) is 15.2. The van der Waals surface area contributed by atoms with E-state index in [1.165, 1.54) is 0 Å². The molecular weight excluding hydrogens is 706 g/mol. The Labute approximate surface area is 319 Å². The topological polar surface area (TPSA) is 247 Å². The van der Waals surface area contributed by atoms with Crippen LogP contribution in [0.5, 0.6) is 0 Å². The molecule has 1 aliphatic heterocycles. The Morgan fingerprint density at radius 2 is 1.82 bits per heavy atom. The number of aliphatic carboxylic acids is 1. The van der Waals surface area contributed by atoms with Crippen molar-refractivity contribution in [3.8, 4) is 0 Å². The van der Waals surface area contributed by atoms with Crippen molar-refractivity contribution in [3.63, 3.8) is 0 Å². The van der Waals surface area contributed by atoms with E-state index < -0.39 is 35.0 Å². The van der Waals surface area contributed by atoms with Gasteiger partial charge in [-0.1, -0.05) is 44.2 Å². The molecule has 0 bridgehead atoms. The van der Waals surface area contributed by atoms with Gasteiger partial charge in [-0.3, -0.25) is 14.4 Å². The number of hydrazone groups is 1. The minimum Gasteiger partial charge on any atom is -0.480 e. The quantitative estimate of drug-likeness (QED) is 0.0670. The van der Waals surface area contributed by atoms with Gasteiger partial charge in [0.25, 0.3) is 5.91 Å². The summed E-state index contributed by atoms with van der Waals surface area (Å²) < 4.78 is 0. The maximum absolute atomic E-state index is 13.0. The van der Waals surface area contributed by atoms with Crippen molar-refractivity contribution >= 4 is 52.6 Å². The number of amides is 2. The maximum atomic E-state index is 13.0. The van der Waals surface area contributed by atoms with Gasteiger partial charge in [0, 0.05) is 50.3 Å². The Morgan fingerprint density at radius 3 is 2.49 bits per heavy atom. The van der Waals surface area contributed by atoms with Crippen molar-refractivity contribution in [2.75, 3.05) is 30.0 Å². The predicted molar refractivity (Wildman–Crippen MR) is 207 cm³/mol. The first kappa shape index (κ1) is 40.4. The number of nitrogen functional groups attached to an aromatic ring is 2. The van der Waals surface area contributed by atoms with Gasteiger partial charge in [-0.15, -0.1) is 0 Å². The molecule has 1 aliphatic rings. The lowest BCUT2D eigenvalue weighted by atomic mass is 9.78. The van der Waals surface area contributed by atoms with Gasteiger partial charge in [-0.25, -0.2) is 20.2 Å². The number of benzene rings is 2. The van der Waals surface area contributed by atoms with Crippen molar-refractivity contribution in [2.45, 2.75) is 83.1 Å². The summed E-state index contributed by atoms with van der Waals surface area (Å²) in [5.74, 6) is -1.92. The summed E-state index contributed by atoms with van der Waals surface area (Å²) in [7, 11) is 1.83. The first-order valence-corrected chi connectivity index (χ1v) is 18.0. The number of hydroxylamine groups is 2. The monoisotopic (exact) mass is 755 g/mol. The lowest BCUT2D eigenvalue weighted by Gasteiger charge is -2.37. The zero-order valence-corrected chi connectivity index (χ0v) is 31.5. The number of rotatable bonds is 17. The van der Waals surface area contributed by atoms with Gasteiger partial charge in [-0.2, -0.15) is 20.1 Å². The van der Waals surface area contributed by atoms with Crippen LogP contribution in [0, 0.1) is 5.92 Å². The fourth-order valence-electron chi connectivity index (χ4n) is 6.83. The van der Waals surface area contributed by atoms with Crippen LogP contribution in [0.25, 0.3) is 11.2 Å². The highest BCUT2D eigenvalue weighted by Gasteiger charge is 2.52. The number of carbonyl (C=O) groups is 3. The van der Waals surface area contributed by atoms with E-state index in [0.717, 1.165) is 17.7 Å². The molecule has 5 rings (SSSR count). The molecule has 1 fully saturated rings. The highest BCUT2D eigenvalue weighted by Crippen LogP contribution is 2.45. The highest BCUT2D eigenvalue weighted by molar-refractivity contribution is 5.97. The molecule has 4 aromatic rings. The number of aromatic nitrogens is 4. The fraction of sp³-hybridized carbons (Fsp3) is 0.421. The number of hydrogen-bond acceptors (Lipinski definition) is 14. The molecule has 2 aromatic carbocycles. The molecule has 8 N–H and O–H groups in total. The number of fused-ring (bicyclic) bond motifs is 1. The Morgan fingerprint density at radius 1 is 1.09 bits per heavy atom. The Hall–Kier alpha value is -5.78. The molecule has 17 heteroatoms. The van der Waals surface area contributed by atoms with Crippen molar-refractivity contribution in [3.05, 3.63) is 77.6 Å². The number of hydrogen-bond donors (Lipinski definition) is 6. The van der Waals surface area contributed by atoms with Crippen LogP contribution in [-0.4, -0.2) is 90.0 Å². The minimum atomic E-state index is -1.31. The van der Waals surface area contributed by atoms with Crippen LogP contribution >= 0.6 is 0 Å². The third kappa shape index (κ3) is 10.5. The van der Waals surface area contributed by atoms with Crippen molar-refractivity contribution in [1.82, 2.24) is 35.7 Å². The van der Waals surface area contributed by atoms with Crippen LogP contribution in [0.3, 0.4) is 0 Å². The second kappa shape index (κ2) is 17.6. The third-order valence-electron chi connectivity index (χ3n) is 9.34. The summed E-state index contributed by atoms with van der Waals surface area (Å²) in [5.41, 5.74) is 16.1. The summed E-state index contributed by atoms with van der Waals surface area (Å²) in [6.45, 7) is 6.85. The van der Waals surface area contributed by atoms with Gasteiger partial charge in [0.05, 0.1) is 30.6 Å². The van der Waals surface area contributed by atoms with Gasteiger partial charge in [0.1, 0.15) is 11.6 Å². The number of carboxylic acid groups (broad SMARTS) is 1. The normalized spacial score (nSPS) is 19.2. The van der Waals surface area contributed by atoms with E-state index in [4.69, 9.17) is 16.3 Å². The SMILES string of the molecule is CC(C)C[C@]1(C/C=N/NC(=O)CC[C@H](NC(=O)c2ccc(N(C)Cc3cnc4nc(N)nc(N)c4n3)cc2)C(=O)O)C[C@](C)(CO)ON1Cc1ccccc1. The molecule has 0 radical (unpaired) electrons. The number of carboxylic acids is 1. The number of nitrogens with two attached hydrogens (primary N) is 2. The van der Waals surface area contributed by atoms with E-state index in [0.29, 0.717) is 48.7 Å². The zero-order valence-electron chi connectivity index (χ0n) is 31.5. The first-order valence-electron chi connectivity index (χ1n) is 18.0. The second-order valence-corrected chi connectivity index (χ2v) is 14.6. The van der Waals surface area contributed by atoms with Crippen LogP contribution < -0.4 is 27.1 Å². The summed E-state index contributed by atoms with van der Waals surface area (Å²) >= 11 is 0. The lowest BCUT2D eigenvalue weighted by molar-refractivity contribution is -0.233. The molecule has 3 atom stereocenters. The molecule has 0 unspecified atom stereocenters. The van der Waals surface area contributed by atoms with Crippen LogP contribution in [0.2, 0.25) is 0 Å². The highest BCUT2D eigenvalue weighted by atomic mass is 16.7. The third-order valence-corrected chi connectivity index (χ3v) is 9.34. The summed E-state index contributed by atoms with van der Waals surface area (Å²) in [4.78, 5) is 62.7. The molecule has 17 nitrogen and oxygen atoms in total. The Bertz CT molecular complexity index is 2000. The average molecular weight is 756 g/mol. The van der Waals surface area contributed by atoms with E-state index in [1.807, 2.05) is 54.3 Å². The van der Waals surface area contributed by atoms with Crippen molar-refractivity contribution in [1.29, 1.82) is 0 Å². The van der Waals surface area contributed by atoms with E-state index in [1.54, 1.807) is 36.7 Å². The molecule has 0 saturated carbocycles. The van der Waals surface area contributed by atoms with E-state index in [-0.39, 0.29) is 36.8 Å². The van der Waals surface area contributed by atoms with E-state index in [2.05, 4.69) is 49.6 Å². The maximum Gasteiger partial charge on any atom is 0.326 e. The number of nitrogens with one attached hydrogen (secondary N) is 2. The van der Waals surface area contributed by atoms with Crippen LogP contribution in [-0.2, 0) is 27.5 Å². The van der Waals surface area contributed by atoms with Crippen molar-refractivity contribution in [2.24, 2.45) is 11.0 Å². The molecule has 0 spiro atoms. The molecule has 2 aromatic heterocycles. The number of aliphatic hydroxyl groups excluding tert-OH is 1. The molecule has 1 saturated heterocycles. The summed E-state index contributed by atoms with van der Waals surface area (Å²) in [5, 5.41) is 28.6. The smallest absolute Gasteiger partial charge is 0.326 e. The molecule has 3 heterocycles. The molecular formula is C38H49N11O6. The molecule has 2 amide bonds. The Kier molecular flexibility index (Phi) is 12.9. The first-order chi connectivity index (χ1) is 26.2.